The summed E-state index contributed by atoms with van der Waals surface area (Å²) in [5.41, 5.74) is 8.02. The Bertz CT molecular complexity index is 278. The second-order valence-corrected chi connectivity index (χ2v) is 3.18. The first-order valence-electron chi connectivity index (χ1n) is 3.78. The van der Waals surface area contributed by atoms with Gasteiger partial charge in [0.2, 0.25) is 0 Å². The van der Waals surface area contributed by atoms with E-state index in [0.717, 1.165) is 24.1 Å². The van der Waals surface area contributed by atoms with Crippen molar-refractivity contribution in [1.82, 2.24) is 9.97 Å². The molecule has 1 aromatic heterocycles. The Morgan fingerprint density at radius 1 is 1.55 bits per heavy atom. The van der Waals surface area contributed by atoms with Crippen molar-refractivity contribution in [3.05, 3.63) is 23.8 Å². The standard InChI is InChI=1S/C8H11N3/c1-6-7(4-10-5-11-6)8(9)2-3-8/h4-5H,2-3,9H2,1H3. The van der Waals surface area contributed by atoms with E-state index in [1.807, 2.05) is 13.1 Å². The van der Waals surface area contributed by atoms with E-state index in [1.54, 1.807) is 6.33 Å². The number of aromatic nitrogens is 2. The SMILES string of the molecule is Cc1ncncc1C1(N)CC1. The summed E-state index contributed by atoms with van der Waals surface area (Å²) in [5.74, 6) is 0. The highest BCUT2D eigenvalue weighted by Gasteiger charge is 2.41. The van der Waals surface area contributed by atoms with Gasteiger partial charge in [-0.05, 0) is 19.8 Å². The number of nitrogens with zero attached hydrogens (tertiary/aromatic N) is 2. The Labute approximate surface area is 65.7 Å². The summed E-state index contributed by atoms with van der Waals surface area (Å²) >= 11 is 0. The van der Waals surface area contributed by atoms with Gasteiger partial charge in [-0.1, -0.05) is 0 Å². The molecule has 0 spiro atoms. The third kappa shape index (κ3) is 1.01. The average Bonchev–Trinajstić information content (AvgIpc) is 2.70. The molecule has 0 unspecified atom stereocenters. The number of nitrogens with two attached hydrogens (primary N) is 1. The minimum absolute atomic E-state index is 0.0919. The maximum absolute atomic E-state index is 5.99. The third-order valence-electron chi connectivity index (χ3n) is 2.24. The van der Waals surface area contributed by atoms with E-state index in [1.165, 1.54) is 0 Å². The normalized spacial score (nSPS) is 19.8. The van der Waals surface area contributed by atoms with E-state index in [-0.39, 0.29) is 5.54 Å². The summed E-state index contributed by atoms with van der Waals surface area (Å²) in [6, 6.07) is 0. The third-order valence-corrected chi connectivity index (χ3v) is 2.24. The van der Waals surface area contributed by atoms with E-state index in [9.17, 15) is 0 Å². The minimum Gasteiger partial charge on any atom is -0.321 e. The molecule has 2 N–H and O–H groups in total. The van der Waals surface area contributed by atoms with Gasteiger partial charge >= 0.3 is 0 Å². The molecule has 1 aromatic rings. The van der Waals surface area contributed by atoms with E-state index in [2.05, 4.69) is 9.97 Å². The van der Waals surface area contributed by atoms with Crippen LogP contribution in [0.1, 0.15) is 24.1 Å². The van der Waals surface area contributed by atoms with Crippen LogP contribution in [0.4, 0.5) is 0 Å². The molecule has 2 rings (SSSR count). The molecule has 1 aliphatic rings. The summed E-state index contributed by atoms with van der Waals surface area (Å²) in [5, 5.41) is 0. The molecule has 0 bridgehead atoms. The summed E-state index contributed by atoms with van der Waals surface area (Å²) in [6.45, 7) is 1.98. The van der Waals surface area contributed by atoms with Crippen molar-refractivity contribution >= 4 is 0 Å². The monoisotopic (exact) mass is 149 g/mol. The lowest BCUT2D eigenvalue weighted by Crippen LogP contribution is -2.20. The van der Waals surface area contributed by atoms with Gasteiger partial charge in [-0.15, -0.1) is 0 Å². The van der Waals surface area contributed by atoms with Crippen molar-refractivity contribution in [1.29, 1.82) is 0 Å². The molecule has 1 saturated carbocycles. The summed E-state index contributed by atoms with van der Waals surface area (Å²) in [7, 11) is 0. The van der Waals surface area contributed by atoms with Gasteiger partial charge in [-0.2, -0.15) is 0 Å². The van der Waals surface area contributed by atoms with Crippen LogP contribution in [0.5, 0.6) is 0 Å². The van der Waals surface area contributed by atoms with E-state index in [0.29, 0.717) is 0 Å². The van der Waals surface area contributed by atoms with E-state index >= 15 is 0 Å². The van der Waals surface area contributed by atoms with Crippen molar-refractivity contribution in [3.8, 4) is 0 Å². The molecule has 0 amide bonds. The average molecular weight is 149 g/mol. The van der Waals surface area contributed by atoms with Crippen molar-refractivity contribution in [2.45, 2.75) is 25.3 Å². The van der Waals surface area contributed by atoms with E-state index < -0.39 is 0 Å². The molecule has 1 heterocycles. The van der Waals surface area contributed by atoms with Crippen LogP contribution in [-0.2, 0) is 5.54 Å². The second kappa shape index (κ2) is 2.01. The number of hydrogen-bond acceptors (Lipinski definition) is 3. The van der Waals surface area contributed by atoms with Crippen LogP contribution in [0.15, 0.2) is 12.5 Å². The summed E-state index contributed by atoms with van der Waals surface area (Å²) in [6.07, 6.45) is 5.53. The second-order valence-electron chi connectivity index (χ2n) is 3.18. The highest BCUT2D eigenvalue weighted by atomic mass is 14.9. The first-order valence-corrected chi connectivity index (χ1v) is 3.78. The first-order chi connectivity index (χ1) is 5.22. The van der Waals surface area contributed by atoms with Gasteiger partial charge in [-0.25, -0.2) is 9.97 Å². The molecule has 0 radical (unpaired) electrons. The number of rotatable bonds is 1. The van der Waals surface area contributed by atoms with Gasteiger partial charge in [0.25, 0.3) is 0 Å². The molecule has 58 valence electrons. The van der Waals surface area contributed by atoms with Crippen LogP contribution >= 0.6 is 0 Å². The van der Waals surface area contributed by atoms with Crippen molar-refractivity contribution in [2.75, 3.05) is 0 Å². The zero-order valence-corrected chi connectivity index (χ0v) is 6.54. The van der Waals surface area contributed by atoms with Gasteiger partial charge in [0.05, 0.1) is 0 Å². The predicted octanol–water partition coefficient (Wildman–Crippen LogP) is 0.733. The Morgan fingerprint density at radius 3 is 2.82 bits per heavy atom. The Hall–Kier alpha value is -0.960. The predicted molar refractivity (Wildman–Crippen MR) is 41.9 cm³/mol. The lowest BCUT2D eigenvalue weighted by atomic mass is 10.1. The lowest BCUT2D eigenvalue weighted by Gasteiger charge is -2.09. The molecular weight excluding hydrogens is 138 g/mol. The van der Waals surface area contributed by atoms with Gasteiger partial charge < -0.3 is 5.73 Å². The van der Waals surface area contributed by atoms with Crippen LogP contribution in [0.3, 0.4) is 0 Å². The minimum atomic E-state index is -0.0919. The van der Waals surface area contributed by atoms with Crippen LogP contribution in [0.25, 0.3) is 0 Å². The van der Waals surface area contributed by atoms with Crippen LogP contribution in [0, 0.1) is 6.92 Å². The van der Waals surface area contributed by atoms with Crippen LogP contribution in [0.2, 0.25) is 0 Å². The Morgan fingerprint density at radius 2 is 2.27 bits per heavy atom. The Balaban J connectivity index is 2.45. The maximum atomic E-state index is 5.99. The zero-order valence-electron chi connectivity index (χ0n) is 6.54. The van der Waals surface area contributed by atoms with E-state index in [4.69, 9.17) is 5.73 Å². The van der Waals surface area contributed by atoms with Crippen molar-refractivity contribution in [3.63, 3.8) is 0 Å². The molecule has 1 aliphatic carbocycles. The van der Waals surface area contributed by atoms with Crippen LogP contribution in [-0.4, -0.2) is 9.97 Å². The highest BCUT2D eigenvalue weighted by molar-refractivity contribution is 5.29. The summed E-state index contributed by atoms with van der Waals surface area (Å²) in [4.78, 5) is 8.06. The molecule has 0 aliphatic heterocycles. The fourth-order valence-corrected chi connectivity index (χ4v) is 1.28. The molecule has 3 nitrogen and oxygen atoms in total. The van der Waals surface area contributed by atoms with Crippen molar-refractivity contribution in [2.24, 2.45) is 5.73 Å². The van der Waals surface area contributed by atoms with Gasteiger partial charge in [0.15, 0.2) is 0 Å². The van der Waals surface area contributed by atoms with Gasteiger partial charge in [0.1, 0.15) is 6.33 Å². The van der Waals surface area contributed by atoms with Gasteiger partial charge in [-0.3, -0.25) is 0 Å². The van der Waals surface area contributed by atoms with Crippen LogP contribution < -0.4 is 5.73 Å². The molecule has 3 heteroatoms. The summed E-state index contributed by atoms with van der Waals surface area (Å²) < 4.78 is 0. The molecule has 0 atom stereocenters. The van der Waals surface area contributed by atoms with Gasteiger partial charge in [0, 0.05) is 23.0 Å². The maximum Gasteiger partial charge on any atom is 0.115 e. The first kappa shape index (κ1) is 6.73. The molecule has 1 fully saturated rings. The smallest absolute Gasteiger partial charge is 0.115 e. The fourth-order valence-electron chi connectivity index (χ4n) is 1.28. The Kier molecular flexibility index (Phi) is 1.23. The van der Waals surface area contributed by atoms with Crippen molar-refractivity contribution < 1.29 is 0 Å². The molecule has 0 aromatic carbocycles. The highest BCUT2D eigenvalue weighted by Crippen LogP contribution is 2.42. The molecule has 11 heavy (non-hydrogen) atoms. The molecule has 0 saturated heterocycles. The topological polar surface area (TPSA) is 51.8 Å². The number of hydrogen-bond donors (Lipinski definition) is 1. The number of aryl methyl sites for hydroxylation is 1. The quantitative estimate of drug-likeness (QED) is 0.640. The zero-order chi connectivity index (χ0) is 7.90. The largest absolute Gasteiger partial charge is 0.321 e. The fraction of sp³-hybridized carbons (Fsp3) is 0.500. The lowest BCUT2D eigenvalue weighted by molar-refractivity contribution is 0.718. The molecular formula is C8H11N3.